The monoisotopic (exact) mass is 318 g/mol. The Morgan fingerprint density at radius 2 is 2.32 bits per heavy atom. The summed E-state index contributed by atoms with van der Waals surface area (Å²) >= 11 is 1.62. The number of nitrogens with zero attached hydrogens (tertiary/aromatic N) is 2. The van der Waals surface area contributed by atoms with Gasteiger partial charge in [0.15, 0.2) is 0 Å². The van der Waals surface area contributed by atoms with Crippen LogP contribution in [0.2, 0.25) is 0 Å². The summed E-state index contributed by atoms with van der Waals surface area (Å²) in [5.41, 5.74) is 1.73. The van der Waals surface area contributed by atoms with Gasteiger partial charge in [-0.1, -0.05) is 12.1 Å². The highest BCUT2D eigenvalue weighted by molar-refractivity contribution is 7.09. The molecule has 1 atom stereocenters. The minimum Gasteiger partial charge on any atom is -0.333 e. The Kier molecular flexibility index (Phi) is 4.52. The molecule has 1 aliphatic heterocycles. The van der Waals surface area contributed by atoms with Crippen molar-refractivity contribution in [1.29, 1.82) is 0 Å². The maximum Gasteiger partial charge on any atom is 0.227 e. The molecule has 1 unspecified atom stereocenters. The van der Waals surface area contributed by atoms with E-state index in [1.807, 2.05) is 17.2 Å². The van der Waals surface area contributed by atoms with Crippen molar-refractivity contribution in [3.8, 4) is 0 Å². The average molecular weight is 318 g/mol. The number of aromatic nitrogens is 1. The fourth-order valence-electron chi connectivity index (χ4n) is 2.94. The van der Waals surface area contributed by atoms with Crippen LogP contribution >= 0.6 is 11.3 Å². The summed E-state index contributed by atoms with van der Waals surface area (Å²) in [6.45, 7) is 2.74. The third kappa shape index (κ3) is 3.35. The molecule has 1 fully saturated rings. The van der Waals surface area contributed by atoms with Crippen LogP contribution in [0.15, 0.2) is 29.6 Å². The van der Waals surface area contributed by atoms with Crippen molar-refractivity contribution >= 4 is 17.2 Å². The van der Waals surface area contributed by atoms with E-state index in [0.29, 0.717) is 0 Å². The van der Waals surface area contributed by atoms with Crippen LogP contribution in [0.3, 0.4) is 0 Å². The van der Waals surface area contributed by atoms with Gasteiger partial charge in [-0.2, -0.15) is 0 Å². The number of halogens is 1. The molecular weight excluding hydrogens is 299 g/mol. The molecule has 0 radical (unpaired) electrons. The standard InChI is InChI=1S/C17H19FN2OS/c1-12-11-22-17(19-12)15-7-2-3-8-20(15)16(21)10-13-5-4-6-14(18)9-13/h4-6,9,11,15H,2-3,7-8,10H2,1H3. The van der Waals surface area contributed by atoms with Crippen molar-refractivity contribution in [1.82, 2.24) is 9.88 Å². The van der Waals surface area contributed by atoms with Crippen LogP contribution in [0.4, 0.5) is 4.39 Å². The summed E-state index contributed by atoms with van der Waals surface area (Å²) < 4.78 is 13.3. The van der Waals surface area contributed by atoms with Crippen LogP contribution in [0.25, 0.3) is 0 Å². The number of benzene rings is 1. The lowest BCUT2D eigenvalue weighted by Crippen LogP contribution is -2.39. The highest BCUT2D eigenvalue weighted by Crippen LogP contribution is 2.33. The number of rotatable bonds is 3. The fourth-order valence-corrected chi connectivity index (χ4v) is 3.88. The van der Waals surface area contributed by atoms with Gasteiger partial charge in [-0.25, -0.2) is 9.37 Å². The summed E-state index contributed by atoms with van der Waals surface area (Å²) in [6, 6.07) is 6.36. The van der Waals surface area contributed by atoms with E-state index in [1.54, 1.807) is 23.5 Å². The van der Waals surface area contributed by atoms with Crippen molar-refractivity contribution in [2.45, 2.75) is 38.6 Å². The van der Waals surface area contributed by atoms with Crippen LogP contribution < -0.4 is 0 Å². The van der Waals surface area contributed by atoms with E-state index in [4.69, 9.17) is 0 Å². The first kappa shape index (κ1) is 15.2. The van der Waals surface area contributed by atoms with E-state index in [9.17, 15) is 9.18 Å². The van der Waals surface area contributed by atoms with Crippen molar-refractivity contribution in [3.05, 3.63) is 51.7 Å². The zero-order valence-electron chi connectivity index (χ0n) is 12.6. The Hall–Kier alpha value is -1.75. The normalized spacial score (nSPS) is 18.5. The van der Waals surface area contributed by atoms with E-state index in [2.05, 4.69) is 4.98 Å². The largest absolute Gasteiger partial charge is 0.333 e. The Morgan fingerprint density at radius 1 is 1.45 bits per heavy atom. The molecule has 5 heteroatoms. The second-order valence-corrected chi connectivity index (χ2v) is 6.62. The number of carbonyl (C=O) groups is 1. The molecule has 0 aliphatic carbocycles. The molecular formula is C17H19FN2OS. The summed E-state index contributed by atoms with van der Waals surface area (Å²) in [6.07, 6.45) is 3.35. The predicted molar refractivity (Wildman–Crippen MR) is 85.3 cm³/mol. The van der Waals surface area contributed by atoms with Gasteiger partial charge in [-0.3, -0.25) is 4.79 Å². The number of carbonyl (C=O) groups excluding carboxylic acids is 1. The molecule has 2 aromatic rings. The van der Waals surface area contributed by atoms with Gasteiger partial charge in [0.05, 0.1) is 12.5 Å². The van der Waals surface area contributed by atoms with Gasteiger partial charge in [-0.05, 0) is 43.9 Å². The molecule has 1 aromatic carbocycles. The summed E-state index contributed by atoms with van der Waals surface area (Å²) in [7, 11) is 0. The number of thiazole rings is 1. The number of piperidine rings is 1. The average Bonchev–Trinajstić information content (AvgIpc) is 2.94. The van der Waals surface area contributed by atoms with Crippen molar-refractivity contribution in [2.75, 3.05) is 6.54 Å². The highest BCUT2D eigenvalue weighted by atomic mass is 32.1. The zero-order valence-corrected chi connectivity index (χ0v) is 13.4. The minimum atomic E-state index is -0.295. The topological polar surface area (TPSA) is 33.2 Å². The van der Waals surface area contributed by atoms with E-state index >= 15 is 0 Å². The van der Waals surface area contributed by atoms with E-state index in [1.165, 1.54) is 12.1 Å². The summed E-state index contributed by atoms with van der Waals surface area (Å²) in [5.74, 6) is -0.237. The second-order valence-electron chi connectivity index (χ2n) is 5.73. The molecule has 1 aliphatic rings. The SMILES string of the molecule is Cc1csc(C2CCCCN2C(=O)Cc2cccc(F)c2)n1. The van der Waals surface area contributed by atoms with Crippen molar-refractivity contribution in [3.63, 3.8) is 0 Å². The van der Waals surface area contributed by atoms with Gasteiger partial charge in [0.2, 0.25) is 5.91 Å². The molecule has 0 saturated carbocycles. The van der Waals surface area contributed by atoms with Gasteiger partial charge in [0.25, 0.3) is 0 Å². The lowest BCUT2D eigenvalue weighted by atomic mass is 10.0. The van der Waals surface area contributed by atoms with Crippen LogP contribution in [-0.2, 0) is 11.2 Å². The number of likely N-dealkylation sites (tertiary alicyclic amines) is 1. The maximum atomic E-state index is 13.3. The molecule has 1 aromatic heterocycles. The summed E-state index contributed by atoms with van der Waals surface area (Å²) in [5, 5.41) is 3.05. The van der Waals surface area contributed by atoms with Gasteiger partial charge < -0.3 is 4.90 Å². The van der Waals surface area contributed by atoms with E-state index in [-0.39, 0.29) is 24.2 Å². The zero-order chi connectivity index (χ0) is 15.5. The van der Waals surface area contributed by atoms with Gasteiger partial charge in [0.1, 0.15) is 10.8 Å². The Balaban J connectivity index is 1.76. The molecule has 0 spiro atoms. The lowest BCUT2D eigenvalue weighted by Gasteiger charge is -2.34. The minimum absolute atomic E-state index is 0.0585. The Bertz CT molecular complexity index is 670. The highest BCUT2D eigenvalue weighted by Gasteiger charge is 2.29. The number of amides is 1. The molecule has 0 N–H and O–H groups in total. The van der Waals surface area contributed by atoms with Crippen LogP contribution in [0.5, 0.6) is 0 Å². The number of hydrogen-bond donors (Lipinski definition) is 0. The molecule has 22 heavy (non-hydrogen) atoms. The van der Waals surface area contributed by atoms with Gasteiger partial charge >= 0.3 is 0 Å². The van der Waals surface area contributed by atoms with Crippen molar-refractivity contribution < 1.29 is 9.18 Å². The molecule has 1 saturated heterocycles. The van der Waals surface area contributed by atoms with Crippen LogP contribution in [-0.4, -0.2) is 22.3 Å². The second kappa shape index (κ2) is 6.57. The maximum absolute atomic E-state index is 13.3. The molecule has 0 bridgehead atoms. The lowest BCUT2D eigenvalue weighted by molar-refractivity contribution is -0.134. The first-order valence-electron chi connectivity index (χ1n) is 7.59. The van der Waals surface area contributed by atoms with E-state index in [0.717, 1.165) is 42.1 Å². The predicted octanol–water partition coefficient (Wildman–Crippen LogP) is 3.89. The molecule has 1 amide bonds. The molecule has 3 rings (SSSR count). The Morgan fingerprint density at radius 3 is 3.05 bits per heavy atom. The summed E-state index contributed by atoms with van der Waals surface area (Å²) in [4.78, 5) is 19.1. The fraction of sp³-hybridized carbons (Fsp3) is 0.412. The third-order valence-electron chi connectivity index (χ3n) is 3.99. The molecule has 3 nitrogen and oxygen atoms in total. The number of hydrogen-bond acceptors (Lipinski definition) is 3. The first-order valence-corrected chi connectivity index (χ1v) is 8.47. The smallest absolute Gasteiger partial charge is 0.227 e. The Labute approximate surface area is 133 Å². The quantitative estimate of drug-likeness (QED) is 0.860. The first-order chi connectivity index (χ1) is 10.6. The van der Waals surface area contributed by atoms with Gasteiger partial charge in [0, 0.05) is 17.6 Å². The number of aryl methyl sites for hydroxylation is 1. The van der Waals surface area contributed by atoms with Crippen molar-refractivity contribution in [2.24, 2.45) is 0 Å². The molecule has 116 valence electrons. The van der Waals surface area contributed by atoms with Gasteiger partial charge in [-0.15, -0.1) is 11.3 Å². The third-order valence-corrected chi connectivity index (χ3v) is 5.05. The van der Waals surface area contributed by atoms with Crippen LogP contribution in [0, 0.1) is 12.7 Å². The van der Waals surface area contributed by atoms with Crippen LogP contribution in [0.1, 0.15) is 41.6 Å². The van der Waals surface area contributed by atoms with E-state index < -0.39 is 0 Å². The molecule has 2 heterocycles.